The fraction of sp³-hybridized carbons (Fsp3) is 0.273. The lowest BCUT2D eigenvalue weighted by Gasteiger charge is -2.28. The number of carbonyl (C=O) groups excluding carboxylic acids is 2. The van der Waals surface area contributed by atoms with Gasteiger partial charge in [0.05, 0.1) is 11.6 Å². The van der Waals surface area contributed by atoms with E-state index in [0.717, 1.165) is 16.7 Å². The summed E-state index contributed by atoms with van der Waals surface area (Å²) < 4.78 is 0. The molecule has 0 aliphatic carbocycles. The van der Waals surface area contributed by atoms with Crippen molar-refractivity contribution >= 4 is 17.4 Å². The summed E-state index contributed by atoms with van der Waals surface area (Å²) in [6.07, 6.45) is 0. The molecule has 26 heavy (non-hydrogen) atoms. The molecule has 1 atom stereocenters. The van der Waals surface area contributed by atoms with E-state index in [0.29, 0.717) is 5.69 Å². The molecule has 1 amide bonds. The SMILES string of the molecule is Cc1cc(C)cc(N2C(=O)C(O)=C(C(=O)C(C)C)C2c2ccccc2)c1. The van der Waals surface area contributed by atoms with Crippen LogP contribution in [0.5, 0.6) is 0 Å². The number of aryl methyl sites for hydroxylation is 2. The fourth-order valence-corrected chi connectivity index (χ4v) is 3.47. The quantitative estimate of drug-likeness (QED) is 0.888. The van der Waals surface area contributed by atoms with E-state index in [4.69, 9.17) is 0 Å². The molecule has 0 radical (unpaired) electrons. The fourth-order valence-electron chi connectivity index (χ4n) is 3.47. The Kier molecular flexibility index (Phi) is 4.68. The van der Waals surface area contributed by atoms with E-state index in [2.05, 4.69) is 0 Å². The normalized spacial score (nSPS) is 17.3. The Balaban J connectivity index is 2.21. The first-order valence-electron chi connectivity index (χ1n) is 8.75. The van der Waals surface area contributed by atoms with Crippen LogP contribution in [0.15, 0.2) is 59.9 Å². The van der Waals surface area contributed by atoms with Crippen molar-refractivity contribution < 1.29 is 14.7 Å². The Morgan fingerprint density at radius 1 is 1.04 bits per heavy atom. The van der Waals surface area contributed by atoms with Gasteiger partial charge in [0.25, 0.3) is 5.91 Å². The van der Waals surface area contributed by atoms with Gasteiger partial charge in [-0.05, 0) is 42.7 Å². The van der Waals surface area contributed by atoms with Crippen LogP contribution in [0.3, 0.4) is 0 Å². The maximum Gasteiger partial charge on any atom is 0.294 e. The average molecular weight is 349 g/mol. The van der Waals surface area contributed by atoms with E-state index < -0.39 is 17.7 Å². The van der Waals surface area contributed by atoms with Gasteiger partial charge in [-0.25, -0.2) is 0 Å². The van der Waals surface area contributed by atoms with Crippen LogP contribution in [0.1, 0.15) is 36.6 Å². The Bertz CT molecular complexity index is 877. The highest BCUT2D eigenvalue weighted by Gasteiger charge is 2.44. The number of ketones is 1. The molecule has 1 N–H and O–H groups in total. The molecule has 2 aromatic rings. The van der Waals surface area contributed by atoms with Crippen molar-refractivity contribution in [3.63, 3.8) is 0 Å². The van der Waals surface area contributed by atoms with Gasteiger partial charge in [-0.3, -0.25) is 14.5 Å². The summed E-state index contributed by atoms with van der Waals surface area (Å²) in [5, 5.41) is 10.5. The standard InChI is InChI=1S/C22H23NO3/c1-13(2)20(24)18-19(16-8-6-5-7-9-16)23(22(26)21(18)25)17-11-14(3)10-15(4)12-17/h5-13,19,25H,1-4H3. The van der Waals surface area contributed by atoms with Crippen LogP contribution in [0, 0.1) is 19.8 Å². The number of amides is 1. The van der Waals surface area contributed by atoms with Crippen LogP contribution < -0.4 is 4.90 Å². The van der Waals surface area contributed by atoms with Crippen LogP contribution in [0.4, 0.5) is 5.69 Å². The molecule has 0 spiro atoms. The second-order valence-electron chi connectivity index (χ2n) is 7.12. The van der Waals surface area contributed by atoms with Gasteiger partial charge in [0.1, 0.15) is 0 Å². The van der Waals surface area contributed by atoms with Gasteiger partial charge >= 0.3 is 0 Å². The highest BCUT2D eigenvalue weighted by atomic mass is 16.3. The van der Waals surface area contributed by atoms with E-state index >= 15 is 0 Å². The topological polar surface area (TPSA) is 57.6 Å². The van der Waals surface area contributed by atoms with Gasteiger partial charge in [-0.15, -0.1) is 0 Å². The van der Waals surface area contributed by atoms with E-state index in [9.17, 15) is 14.7 Å². The molecule has 1 aliphatic rings. The highest BCUT2D eigenvalue weighted by molar-refractivity contribution is 6.16. The monoisotopic (exact) mass is 349 g/mol. The molecule has 0 bridgehead atoms. The molecular formula is C22H23NO3. The van der Waals surface area contributed by atoms with Crippen LogP contribution in [0.25, 0.3) is 0 Å². The minimum atomic E-state index is -0.625. The molecule has 134 valence electrons. The van der Waals surface area contributed by atoms with Gasteiger partial charge in [0.15, 0.2) is 11.5 Å². The zero-order valence-electron chi connectivity index (χ0n) is 15.5. The maximum atomic E-state index is 12.9. The first kappa shape index (κ1) is 17.9. The number of hydrogen-bond donors (Lipinski definition) is 1. The number of aliphatic hydroxyl groups excluding tert-OH is 1. The van der Waals surface area contributed by atoms with Crippen LogP contribution >= 0.6 is 0 Å². The van der Waals surface area contributed by atoms with E-state index in [1.807, 2.05) is 62.4 Å². The Hall–Kier alpha value is -2.88. The molecule has 0 saturated carbocycles. The van der Waals surface area contributed by atoms with Crippen molar-refractivity contribution in [2.45, 2.75) is 33.7 Å². The van der Waals surface area contributed by atoms with Crippen molar-refractivity contribution in [1.82, 2.24) is 0 Å². The number of hydrogen-bond acceptors (Lipinski definition) is 3. The summed E-state index contributed by atoms with van der Waals surface area (Å²) in [7, 11) is 0. The Labute approximate surface area is 153 Å². The molecule has 2 aromatic carbocycles. The molecule has 1 heterocycles. The summed E-state index contributed by atoms with van der Waals surface area (Å²) >= 11 is 0. The van der Waals surface area contributed by atoms with Gasteiger partial charge in [0, 0.05) is 11.6 Å². The zero-order chi connectivity index (χ0) is 19.0. The molecule has 3 rings (SSSR count). The van der Waals surface area contributed by atoms with Crippen molar-refractivity contribution in [2.75, 3.05) is 4.90 Å². The summed E-state index contributed by atoms with van der Waals surface area (Å²) in [4.78, 5) is 27.2. The molecular weight excluding hydrogens is 326 g/mol. The van der Waals surface area contributed by atoms with Gasteiger partial charge in [-0.1, -0.05) is 50.2 Å². The summed E-state index contributed by atoms with van der Waals surface area (Å²) in [5.41, 5.74) is 3.69. The van der Waals surface area contributed by atoms with Crippen LogP contribution in [0.2, 0.25) is 0 Å². The predicted molar refractivity (Wildman–Crippen MR) is 102 cm³/mol. The van der Waals surface area contributed by atoms with Gasteiger partial charge in [-0.2, -0.15) is 0 Å². The number of Topliss-reactive ketones (excluding diaryl/α,β-unsaturated/α-hetero) is 1. The number of benzene rings is 2. The molecule has 1 aliphatic heterocycles. The molecule has 0 aromatic heterocycles. The molecule has 4 nitrogen and oxygen atoms in total. The molecule has 1 unspecified atom stereocenters. The van der Waals surface area contributed by atoms with E-state index in [1.54, 1.807) is 13.8 Å². The van der Waals surface area contributed by atoms with Gasteiger partial charge < -0.3 is 5.11 Å². The third kappa shape index (κ3) is 3.03. The van der Waals surface area contributed by atoms with Crippen molar-refractivity contribution in [3.8, 4) is 0 Å². The smallest absolute Gasteiger partial charge is 0.294 e. The highest BCUT2D eigenvalue weighted by Crippen LogP contribution is 2.42. The maximum absolute atomic E-state index is 12.9. The molecule has 0 saturated heterocycles. The second-order valence-corrected chi connectivity index (χ2v) is 7.12. The number of anilines is 1. The lowest BCUT2D eigenvalue weighted by molar-refractivity contribution is -0.119. The van der Waals surface area contributed by atoms with E-state index in [-0.39, 0.29) is 17.3 Å². The number of rotatable bonds is 4. The van der Waals surface area contributed by atoms with Crippen molar-refractivity contribution in [1.29, 1.82) is 0 Å². The number of nitrogens with zero attached hydrogens (tertiary/aromatic N) is 1. The average Bonchev–Trinajstić information content (AvgIpc) is 2.85. The third-order valence-electron chi connectivity index (χ3n) is 4.60. The Morgan fingerprint density at radius 3 is 2.15 bits per heavy atom. The van der Waals surface area contributed by atoms with Crippen molar-refractivity contribution in [3.05, 3.63) is 76.6 Å². The largest absolute Gasteiger partial charge is 0.503 e. The molecule has 4 heteroatoms. The molecule has 0 fully saturated rings. The summed E-state index contributed by atoms with van der Waals surface area (Å²) in [6, 6.07) is 14.6. The number of aliphatic hydroxyl groups is 1. The minimum Gasteiger partial charge on any atom is -0.503 e. The lowest BCUT2D eigenvalue weighted by Crippen LogP contribution is -2.31. The zero-order valence-corrected chi connectivity index (χ0v) is 15.5. The lowest BCUT2D eigenvalue weighted by atomic mass is 9.91. The number of carbonyl (C=O) groups is 2. The Morgan fingerprint density at radius 2 is 1.62 bits per heavy atom. The summed E-state index contributed by atoms with van der Waals surface area (Å²) in [6.45, 7) is 7.47. The van der Waals surface area contributed by atoms with Crippen molar-refractivity contribution in [2.24, 2.45) is 5.92 Å². The third-order valence-corrected chi connectivity index (χ3v) is 4.60. The van der Waals surface area contributed by atoms with Crippen LogP contribution in [-0.2, 0) is 9.59 Å². The van der Waals surface area contributed by atoms with E-state index in [1.165, 1.54) is 4.90 Å². The minimum absolute atomic E-state index is 0.176. The second kappa shape index (κ2) is 6.79. The predicted octanol–water partition coefficient (Wildman–Crippen LogP) is 4.43. The van der Waals surface area contributed by atoms with Crippen LogP contribution in [-0.4, -0.2) is 16.8 Å². The first-order valence-corrected chi connectivity index (χ1v) is 8.75. The van der Waals surface area contributed by atoms with Gasteiger partial charge in [0.2, 0.25) is 0 Å². The summed E-state index contributed by atoms with van der Waals surface area (Å²) in [5.74, 6) is -1.51. The first-order chi connectivity index (χ1) is 12.3.